The summed E-state index contributed by atoms with van der Waals surface area (Å²) in [6.07, 6.45) is 6.12. The van der Waals surface area contributed by atoms with Crippen LogP contribution < -0.4 is 5.32 Å². The van der Waals surface area contributed by atoms with Gasteiger partial charge in [-0.25, -0.2) is 0 Å². The van der Waals surface area contributed by atoms with Crippen LogP contribution in [-0.4, -0.2) is 39.5 Å². The zero-order valence-electron chi connectivity index (χ0n) is 11.2. The summed E-state index contributed by atoms with van der Waals surface area (Å²) in [6.45, 7) is 0.550. The predicted octanol–water partition coefficient (Wildman–Crippen LogP) is 1.66. The average Bonchev–Trinajstić information content (AvgIpc) is 3.09. The molecule has 0 radical (unpaired) electrons. The normalized spacial score (nSPS) is 24.1. The van der Waals surface area contributed by atoms with Gasteiger partial charge in [-0.15, -0.1) is 10.2 Å². The summed E-state index contributed by atoms with van der Waals surface area (Å²) in [5, 5.41) is 10.7. The fourth-order valence-corrected chi connectivity index (χ4v) is 3.54. The molecular formula is C13H18N4O2S. The van der Waals surface area contributed by atoms with Gasteiger partial charge in [0.25, 0.3) is 0 Å². The average molecular weight is 294 g/mol. The van der Waals surface area contributed by atoms with E-state index in [2.05, 4.69) is 15.5 Å². The number of rotatable bonds is 3. The fraction of sp³-hybridized carbons (Fsp3) is 0.692. The molecule has 1 aromatic heterocycles. The number of nitrogens with one attached hydrogen (secondary N) is 1. The molecule has 108 valence electrons. The highest BCUT2D eigenvalue weighted by molar-refractivity contribution is 7.13. The van der Waals surface area contributed by atoms with Gasteiger partial charge in [0.2, 0.25) is 16.9 Å². The molecule has 1 atom stereocenters. The van der Waals surface area contributed by atoms with Crippen LogP contribution in [0.4, 0.5) is 5.13 Å². The number of carbonyl (C=O) groups is 2. The van der Waals surface area contributed by atoms with Crippen molar-refractivity contribution in [3.8, 4) is 0 Å². The van der Waals surface area contributed by atoms with Gasteiger partial charge < -0.3 is 10.2 Å². The first-order chi connectivity index (χ1) is 9.74. The molecule has 1 saturated heterocycles. The van der Waals surface area contributed by atoms with Crippen molar-refractivity contribution in [2.45, 2.75) is 44.6 Å². The van der Waals surface area contributed by atoms with Gasteiger partial charge >= 0.3 is 0 Å². The van der Waals surface area contributed by atoms with Crippen LogP contribution >= 0.6 is 11.3 Å². The first kappa shape index (κ1) is 13.5. The summed E-state index contributed by atoms with van der Waals surface area (Å²) < 4.78 is 0. The standard InChI is InChI=1S/C13H18N4O2S/c18-11-6-9(12(19)15-13-16-14-8-20-13)7-17(11)10-4-2-1-3-5-10/h8-10H,1-7H2,(H,15,16,19). The van der Waals surface area contributed by atoms with Gasteiger partial charge in [-0.2, -0.15) is 0 Å². The summed E-state index contributed by atoms with van der Waals surface area (Å²) in [7, 11) is 0. The van der Waals surface area contributed by atoms with Gasteiger partial charge in [0.1, 0.15) is 5.51 Å². The van der Waals surface area contributed by atoms with E-state index >= 15 is 0 Å². The number of nitrogens with zero attached hydrogens (tertiary/aromatic N) is 3. The van der Waals surface area contributed by atoms with E-state index in [4.69, 9.17) is 0 Å². The van der Waals surface area contributed by atoms with Crippen molar-refractivity contribution >= 4 is 28.3 Å². The maximum absolute atomic E-state index is 12.1. The highest BCUT2D eigenvalue weighted by atomic mass is 32.1. The summed E-state index contributed by atoms with van der Waals surface area (Å²) in [5.41, 5.74) is 1.57. The molecule has 2 aliphatic rings. The lowest BCUT2D eigenvalue weighted by molar-refractivity contribution is -0.130. The summed E-state index contributed by atoms with van der Waals surface area (Å²) in [4.78, 5) is 26.2. The topological polar surface area (TPSA) is 75.2 Å². The van der Waals surface area contributed by atoms with E-state index in [-0.39, 0.29) is 17.7 Å². The third kappa shape index (κ3) is 2.82. The second-order valence-corrected chi connectivity index (χ2v) is 6.31. The van der Waals surface area contributed by atoms with Crippen molar-refractivity contribution in [2.24, 2.45) is 5.92 Å². The number of carbonyl (C=O) groups excluding carboxylic acids is 2. The first-order valence-electron chi connectivity index (χ1n) is 7.10. The molecule has 2 heterocycles. The minimum Gasteiger partial charge on any atom is -0.339 e. The summed E-state index contributed by atoms with van der Waals surface area (Å²) in [6, 6.07) is 0.343. The molecule has 0 bridgehead atoms. The second kappa shape index (κ2) is 5.87. The molecule has 1 saturated carbocycles. The highest BCUT2D eigenvalue weighted by Gasteiger charge is 2.38. The first-order valence-corrected chi connectivity index (χ1v) is 7.98. The zero-order valence-corrected chi connectivity index (χ0v) is 12.1. The van der Waals surface area contributed by atoms with Gasteiger partial charge in [0.05, 0.1) is 5.92 Å². The molecular weight excluding hydrogens is 276 g/mol. The molecule has 7 heteroatoms. The van der Waals surface area contributed by atoms with Crippen LogP contribution in [0.1, 0.15) is 38.5 Å². The lowest BCUT2D eigenvalue weighted by Crippen LogP contribution is -2.38. The minimum atomic E-state index is -0.256. The van der Waals surface area contributed by atoms with Gasteiger partial charge in [0.15, 0.2) is 0 Å². The van der Waals surface area contributed by atoms with E-state index in [9.17, 15) is 9.59 Å². The Morgan fingerprint density at radius 1 is 1.35 bits per heavy atom. The quantitative estimate of drug-likeness (QED) is 0.920. The number of anilines is 1. The molecule has 1 aliphatic carbocycles. The SMILES string of the molecule is O=C(Nc1nncs1)C1CC(=O)N(C2CCCCC2)C1. The van der Waals surface area contributed by atoms with Crippen LogP contribution in [0.2, 0.25) is 0 Å². The summed E-state index contributed by atoms with van der Waals surface area (Å²) in [5.74, 6) is -0.254. The Hall–Kier alpha value is -1.50. The maximum atomic E-state index is 12.1. The van der Waals surface area contributed by atoms with Crippen molar-refractivity contribution in [3.63, 3.8) is 0 Å². The largest absolute Gasteiger partial charge is 0.339 e. The Bertz CT molecular complexity index is 485. The molecule has 1 unspecified atom stereocenters. The van der Waals surface area contributed by atoms with E-state index < -0.39 is 0 Å². The molecule has 2 fully saturated rings. The molecule has 20 heavy (non-hydrogen) atoms. The van der Waals surface area contributed by atoms with E-state index in [1.807, 2.05) is 4.90 Å². The Kier molecular flexibility index (Phi) is 3.95. The lowest BCUT2D eigenvalue weighted by atomic mass is 9.94. The van der Waals surface area contributed by atoms with Crippen LogP contribution in [-0.2, 0) is 9.59 Å². The molecule has 0 aromatic carbocycles. The van der Waals surface area contributed by atoms with Crippen LogP contribution in [0.25, 0.3) is 0 Å². The van der Waals surface area contributed by atoms with E-state index in [0.717, 1.165) is 12.8 Å². The van der Waals surface area contributed by atoms with Crippen molar-refractivity contribution in [1.29, 1.82) is 0 Å². The third-order valence-electron chi connectivity index (χ3n) is 4.13. The monoisotopic (exact) mass is 294 g/mol. The Morgan fingerprint density at radius 2 is 2.15 bits per heavy atom. The molecule has 2 amide bonds. The van der Waals surface area contributed by atoms with Crippen LogP contribution in [0.5, 0.6) is 0 Å². The fourth-order valence-electron chi connectivity index (χ4n) is 3.09. The van der Waals surface area contributed by atoms with E-state index in [0.29, 0.717) is 24.1 Å². The van der Waals surface area contributed by atoms with Crippen LogP contribution in [0.3, 0.4) is 0 Å². The van der Waals surface area contributed by atoms with Gasteiger partial charge in [0, 0.05) is 19.0 Å². The number of likely N-dealkylation sites (tertiary alicyclic amines) is 1. The Morgan fingerprint density at radius 3 is 2.85 bits per heavy atom. The van der Waals surface area contributed by atoms with Crippen LogP contribution in [0, 0.1) is 5.92 Å². The second-order valence-electron chi connectivity index (χ2n) is 5.47. The number of aromatic nitrogens is 2. The zero-order chi connectivity index (χ0) is 13.9. The van der Waals surface area contributed by atoms with Gasteiger partial charge in [-0.1, -0.05) is 30.6 Å². The molecule has 6 nitrogen and oxygen atoms in total. The highest BCUT2D eigenvalue weighted by Crippen LogP contribution is 2.29. The number of hydrogen-bond acceptors (Lipinski definition) is 5. The van der Waals surface area contributed by atoms with Crippen LogP contribution in [0.15, 0.2) is 5.51 Å². The van der Waals surface area contributed by atoms with Gasteiger partial charge in [-0.05, 0) is 12.8 Å². The van der Waals surface area contributed by atoms with Crippen molar-refractivity contribution in [1.82, 2.24) is 15.1 Å². The minimum absolute atomic E-state index is 0.117. The number of hydrogen-bond donors (Lipinski definition) is 1. The molecule has 1 aliphatic heterocycles. The smallest absolute Gasteiger partial charge is 0.231 e. The molecule has 1 N–H and O–H groups in total. The van der Waals surface area contributed by atoms with E-state index in [1.165, 1.54) is 30.6 Å². The predicted molar refractivity (Wildman–Crippen MR) is 75.2 cm³/mol. The molecule has 1 aromatic rings. The Labute approximate surface area is 121 Å². The maximum Gasteiger partial charge on any atom is 0.231 e. The lowest BCUT2D eigenvalue weighted by Gasteiger charge is -2.31. The molecule has 3 rings (SSSR count). The Balaban J connectivity index is 1.59. The molecule has 0 spiro atoms. The van der Waals surface area contributed by atoms with Crippen molar-refractivity contribution < 1.29 is 9.59 Å². The third-order valence-corrected chi connectivity index (χ3v) is 4.74. The summed E-state index contributed by atoms with van der Waals surface area (Å²) >= 11 is 1.29. The van der Waals surface area contributed by atoms with E-state index in [1.54, 1.807) is 5.51 Å². The van der Waals surface area contributed by atoms with Gasteiger partial charge in [-0.3, -0.25) is 9.59 Å². The number of amides is 2. The van der Waals surface area contributed by atoms with Crippen molar-refractivity contribution in [2.75, 3.05) is 11.9 Å². The van der Waals surface area contributed by atoms with Crippen molar-refractivity contribution in [3.05, 3.63) is 5.51 Å².